The molecule has 2 rings (SSSR count). The van der Waals surface area contributed by atoms with Gasteiger partial charge in [0.15, 0.2) is 0 Å². The molecular weight excluding hydrogens is 233 g/mol. The summed E-state index contributed by atoms with van der Waals surface area (Å²) in [5.74, 6) is 0.934. The third-order valence-electron chi connectivity index (χ3n) is 2.21. The Balaban J connectivity index is 2.27. The normalized spacial score (nSPS) is 15.2. The Kier molecular flexibility index (Phi) is 3.03. The quantitative estimate of drug-likeness (QED) is 0.745. The molecule has 0 spiro atoms. The number of hydrogen-bond acceptors (Lipinski definition) is 3. The van der Waals surface area contributed by atoms with Crippen molar-refractivity contribution in [2.45, 2.75) is 12.8 Å². The van der Waals surface area contributed by atoms with Crippen molar-refractivity contribution in [2.24, 2.45) is 4.99 Å². The van der Waals surface area contributed by atoms with Gasteiger partial charge in [-0.2, -0.15) is 0 Å². The predicted octanol–water partition coefficient (Wildman–Crippen LogP) is 3.18. The molecule has 0 radical (unpaired) electrons. The van der Waals surface area contributed by atoms with Crippen LogP contribution in [0.15, 0.2) is 17.1 Å². The molecule has 1 aromatic carbocycles. The minimum atomic E-state index is 0.523. The summed E-state index contributed by atoms with van der Waals surface area (Å²) in [6, 6.07) is 3.34. The monoisotopic (exact) mass is 243 g/mol. The van der Waals surface area contributed by atoms with Crippen LogP contribution in [0.2, 0.25) is 10.0 Å². The second-order valence-electron chi connectivity index (χ2n) is 3.42. The molecule has 15 heavy (non-hydrogen) atoms. The molecule has 0 fully saturated rings. The first-order valence-corrected chi connectivity index (χ1v) is 5.47. The van der Waals surface area contributed by atoms with Crippen molar-refractivity contribution in [3.63, 3.8) is 0 Å². The molecule has 0 bridgehead atoms. The van der Waals surface area contributed by atoms with Crippen LogP contribution in [0.25, 0.3) is 0 Å². The fourth-order valence-corrected chi connectivity index (χ4v) is 2.10. The Morgan fingerprint density at radius 3 is 2.47 bits per heavy atom. The van der Waals surface area contributed by atoms with Crippen LogP contribution >= 0.6 is 23.2 Å². The van der Waals surface area contributed by atoms with Gasteiger partial charge in [-0.25, -0.2) is 0 Å². The Labute approximate surface area is 98.3 Å². The minimum absolute atomic E-state index is 0.523. The highest BCUT2D eigenvalue weighted by Crippen LogP contribution is 2.33. The maximum atomic E-state index is 6.03. The van der Waals surface area contributed by atoms with E-state index < -0.39 is 0 Å². The number of aliphatic imine (C=N–C) groups is 1. The first kappa shape index (κ1) is 10.6. The largest absolute Gasteiger partial charge is 0.399 e. The van der Waals surface area contributed by atoms with Gasteiger partial charge in [0.2, 0.25) is 0 Å². The van der Waals surface area contributed by atoms with Crippen molar-refractivity contribution < 1.29 is 0 Å². The molecule has 3 N–H and O–H groups in total. The molecule has 0 amide bonds. The van der Waals surface area contributed by atoms with Crippen LogP contribution in [-0.4, -0.2) is 12.4 Å². The molecular formula is C10H11Cl2N3. The molecule has 0 saturated heterocycles. The summed E-state index contributed by atoms with van der Waals surface area (Å²) < 4.78 is 0. The Morgan fingerprint density at radius 1 is 1.27 bits per heavy atom. The number of benzene rings is 1. The number of amidine groups is 1. The number of anilines is 2. The van der Waals surface area contributed by atoms with Crippen molar-refractivity contribution in [2.75, 3.05) is 17.6 Å². The van der Waals surface area contributed by atoms with Crippen LogP contribution in [0.4, 0.5) is 11.4 Å². The van der Waals surface area contributed by atoms with Crippen LogP contribution in [0.5, 0.6) is 0 Å². The molecule has 0 aromatic heterocycles. The highest BCUT2D eigenvalue weighted by Gasteiger charge is 2.11. The lowest BCUT2D eigenvalue weighted by Crippen LogP contribution is -2.09. The number of nitrogens with one attached hydrogen (secondary N) is 1. The average Bonchev–Trinajstić information content (AvgIpc) is 2.63. The van der Waals surface area contributed by atoms with Crippen LogP contribution in [0.3, 0.4) is 0 Å². The Morgan fingerprint density at radius 2 is 1.93 bits per heavy atom. The third kappa shape index (κ3) is 2.36. The maximum absolute atomic E-state index is 6.03. The van der Waals surface area contributed by atoms with Crippen molar-refractivity contribution >= 4 is 40.4 Å². The first-order chi connectivity index (χ1) is 7.16. The van der Waals surface area contributed by atoms with Gasteiger partial charge < -0.3 is 11.1 Å². The molecule has 0 unspecified atom stereocenters. The lowest BCUT2D eigenvalue weighted by Gasteiger charge is -2.10. The lowest BCUT2D eigenvalue weighted by molar-refractivity contribution is 0.951. The van der Waals surface area contributed by atoms with Crippen molar-refractivity contribution in [1.29, 1.82) is 0 Å². The van der Waals surface area contributed by atoms with Crippen LogP contribution in [0.1, 0.15) is 12.8 Å². The summed E-state index contributed by atoms with van der Waals surface area (Å²) in [6.07, 6.45) is 2.02. The predicted molar refractivity (Wildman–Crippen MR) is 66.0 cm³/mol. The molecule has 0 aliphatic carbocycles. The van der Waals surface area contributed by atoms with E-state index >= 15 is 0 Å². The van der Waals surface area contributed by atoms with Gasteiger partial charge in [0, 0.05) is 18.7 Å². The zero-order chi connectivity index (χ0) is 10.8. The topological polar surface area (TPSA) is 50.4 Å². The van der Waals surface area contributed by atoms with E-state index in [2.05, 4.69) is 10.3 Å². The van der Waals surface area contributed by atoms with Crippen molar-refractivity contribution in [3.05, 3.63) is 22.2 Å². The van der Waals surface area contributed by atoms with E-state index in [-0.39, 0.29) is 0 Å². The molecule has 1 aromatic rings. The van der Waals surface area contributed by atoms with Gasteiger partial charge in [0.1, 0.15) is 5.84 Å². The fraction of sp³-hybridized carbons (Fsp3) is 0.300. The van der Waals surface area contributed by atoms with Gasteiger partial charge in [-0.1, -0.05) is 23.2 Å². The first-order valence-electron chi connectivity index (χ1n) is 4.71. The van der Waals surface area contributed by atoms with E-state index in [0.717, 1.165) is 25.2 Å². The van der Waals surface area contributed by atoms with Gasteiger partial charge in [-0.05, 0) is 18.6 Å². The molecule has 5 heteroatoms. The lowest BCUT2D eigenvalue weighted by atomic mass is 10.2. The number of hydrogen-bond donors (Lipinski definition) is 2. The molecule has 3 nitrogen and oxygen atoms in total. The molecule has 1 aliphatic rings. The van der Waals surface area contributed by atoms with Gasteiger partial charge in [0.05, 0.1) is 15.7 Å². The van der Waals surface area contributed by atoms with E-state index in [4.69, 9.17) is 28.9 Å². The molecule has 80 valence electrons. The summed E-state index contributed by atoms with van der Waals surface area (Å²) in [7, 11) is 0. The van der Waals surface area contributed by atoms with Gasteiger partial charge in [-0.3, -0.25) is 4.99 Å². The van der Waals surface area contributed by atoms with Gasteiger partial charge >= 0.3 is 0 Å². The zero-order valence-corrected chi connectivity index (χ0v) is 9.57. The zero-order valence-electron chi connectivity index (χ0n) is 8.06. The molecule has 1 aliphatic heterocycles. The Hall–Kier alpha value is -0.930. The second kappa shape index (κ2) is 4.29. The van der Waals surface area contributed by atoms with Crippen LogP contribution in [-0.2, 0) is 0 Å². The summed E-state index contributed by atoms with van der Waals surface area (Å²) in [6.45, 7) is 0.868. The third-order valence-corrected chi connectivity index (χ3v) is 2.80. The summed E-state index contributed by atoms with van der Waals surface area (Å²) in [4.78, 5) is 4.29. The molecule has 0 saturated carbocycles. The number of rotatable bonds is 1. The van der Waals surface area contributed by atoms with Gasteiger partial charge in [-0.15, -0.1) is 0 Å². The number of nitrogen functional groups attached to an aromatic ring is 1. The average molecular weight is 244 g/mol. The smallest absolute Gasteiger partial charge is 0.101 e. The highest BCUT2D eigenvalue weighted by atomic mass is 35.5. The summed E-state index contributed by atoms with van der Waals surface area (Å²) in [5, 5.41) is 4.18. The fourth-order valence-electron chi connectivity index (χ4n) is 1.50. The molecule has 1 heterocycles. The van der Waals surface area contributed by atoms with E-state index in [0.29, 0.717) is 21.4 Å². The Bertz CT molecular complexity index is 392. The van der Waals surface area contributed by atoms with Gasteiger partial charge in [0.25, 0.3) is 0 Å². The standard InChI is InChI=1S/C10H11Cl2N3/c11-7-4-6(13)5-8(12)10(7)15-9-2-1-3-14-9/h4-5H,1-3,13H2,(H,14,15). The van der Waals surface area contributed by atoms with Crippen LogP contribution < -0.4 is 11.1 Å². The van der Waals surface area contributed by atoms with E-state index in [1.807, 2.05) is 0 Å². The van der Waals surface area contributed by atoms with Crippen LogP contribution in [0, 0.1) is 0 Å². The summed E-state index contributed by atoms with van der Waals surface area (Å²) in [5.41, 5.74) is 6.86. The SMILES string of the molecule is Nc1cc(Cl)c(NC2=NCCC2)c(Cl)c1. The van der Waals surface area contributed by atoms with Crippen molar-refractivity contribution in [1.82, 2.24) is 0 Å². The van der Waals surface area contributed by atoms with E-state index in [9.17, 15) is 0 Å². The minimum Gasteiger partial charge on any atom is -0.399 e. The van der Waals surface area contributed by atoms with E-state index in [1.165, 1.54) is 0 Å². The highest BCUT2D eigenvalue weighted by molar-refractivity contribution is 6.40. The summed E-state index contributed by atoms with van der Waals surface area (Å²) >= 11 is 12.1. The number of halogens is 2. The number of nitrogens with zero attached hydrogens (tertiary/aromatic N) is 1. The molecule has 0 atom stereocenters. The van der Waals surface area contributed by atoms with Crippen molar-refractivity contribution in [3.8, 4) is 0 Å². The van der Waals surface area contributed by atoms with E-state index in [1.54, 1.807) is 12.1 Å². The number of nitrogens with two attached hydrogens (primary N) is 1. The second-order valence-corrected chi connectivity index (χ2v) is 4.23. The maximum Gasteiger partial charge on any atom is 0.101 e.